The van der Waals surface area contributed by atoms with Crippen molar-refractivity contribution in [1.82, 2.24) is 4.98 Å². The zero-order chi connectivity index (χ0) is 15.4. The molecule has 0 bridgehead atoms. The van der Waals surface area contributed by atoms with E-state index in [0.29, 0.717) is 12.0 Å². The van der Waals surface area contributed by atoms with E-state index in [1.807, 2.05) is 13.0 Å². The summed E-state index contributed by atoms with van der Waals surface area (Å²) in [5.41, 5.74) is 1.79. The monoisotopic (exact) mass is 289 g/mol. The first-order valence-corrected chi connectivity index (χ1v) is 6.82. The lowest BCUT2D eigenvalue weighted by Crippen LogP contribution is -2.17. The van der Waals surface area contributed by atoms with Gasteiger partial charge in [0.15, 0.2) is 0 Å². The third kappa shape index (κ3) is 3.46. The van der Waals surface area contributed by atoms with Crippen LogP contribution in [-0.2, 0) is 4.74 Å². The molecule has 6 nitrogen and oxygen atoms in total. The Morgan fingerprint density at radius 2 is 2.19 bits per heavy atom. The van der Waals surface area contributed by atoms with Gasteiger partial charge >= 0.3 is 0 Å². The molecule has 0 amide bonds. The molecule has 1 aromatic carbocycles. The second-order valence-electron chi connectivity index (χ2n) is 5.09. The molecule has 0 aliphatic rings. The van der Waals surface area contributed by atoms with Crippen LogP contribution in [0.1, 0.15) is 19.0 Å². The molecular formula is C15H19N3O3. The van der Waals surface area contributed by atoms with Crippen molar-refractivity contribution in [3.63, 3.8) is 0 Å². The maximum Gasteiger partial charge on any atom is 0.278 e. The van der Waals surface area contributed by atoms with Crippen LogP contribution in [0.4, 0.5) is 11.4 Å². The summed E-state index contributed by atoms with van der Waals surface area (Å²) in [5.74, 6) is 0. The second-order valence-corrected chi connectivity index (χ2v) is 5.09. The van der Waals surface area contributed by atoms with Gasteiger partial charge in [-0.25, -0.2) is 0 Å². The van der Waals surface area contributed by atoms with Crippen molar-refractivity contribution in [3.05, 3.63) is 40.2 Å². The Hall–Kier alpha value is -2.21. The van der Waals surface area contributed by atoms with E-state index in [-0.39, 0.29) is 16.7 Å². The van der Waals surface area contributed by atoms with Gasteiger partial charge in [-0.05, 0) is 32.4 Å². The van der Waals surface area contributed by atoms with Crippen LogP contribution in [0.2, 0.25) is 0 Å². The van der Waals surface area contributed by atoms with Crippen LogP contribution < -0.4 is 5.32 Å². The molecule has 0 aliphatic carbocycles. The van der Waals surface area contributed by atoms with Crippen LogP contribution in [0.3, 0.4) is 0 Å². The van der Waals surface area contributed by atoms with E-state index in [1.165, 1.54) is 6.07 Å². The third-order valence-corrected chi connectivity index (χ3v) is 3.37. The summed E-state index contributed by atoms with van der Waals surface area (Å²) in [4.78, 5) is 14.9. The van der Waals surface area contributed by atoms with Crippen molar-refractivity contribution in [2.75, 3.05) is 19.0 Å². The molecule has 2 aromatic rings. The third-order valence-electron chi connectivity index (χ3n) is 3.37. The molecule has 0 aliphatic heterocycles. The minimum Gasteiger partial charge on any atom is -0.385 e. The number of aryl methyl sites for hydroxylation is 1. The van der Waals surface area contributed by atoms with Gasteiger partial charge in [0.05, 0.1) is 10.3 Å². The molecule has 2 rings (SSSR count). The van der Waals surface area contributed by atoms with Gasteiger partial charge in [0, 0.05) is 48.8 Å². The molecule has 6 heteroatoms. The largest absolute Gasteiger partial charge is 0.385 e. The second kappa shape index (κ2) is 6.49. The summed E-state index contributed by atoms with van der Waals surface area (Å²) >= 11 is 0. The van der Waals surface area contributed by atoms with E-state index in [9.17, 15) is 10.1 Å². The van der Waals surface area contributed by atoms with Crippen molar-refractivity contribution < 1.29 is 9.66 Å². The standard InChI is InChI=1S/C15H19N3O3/c1-10(6-7-21-3)17-14-4-5-15(18(19)20)13-9-16-11(2)8-12(13)14/h4-5,8-10,17H,6-7H2,1-3H3. The molecule has 0 saturated heterocycles. The van der Waals surface area contributed by atoms with Crippen molar-refractivity contribution in [3.8, 4) is 0 Å². The molecule has 21 heavy (non-hydrogen) atoms. The molecule has 0 radical (unpaired) electrons. The highest BCUT2D eigenvalue weighted by molar-refractivity contribution is 5.99. The number of hydrogen-bond donors (Lipinski definition) is 1. The van der Waals surface area contributed by atoms with E-state index >= 15 is 0 Å². The van der Waals surface area contributed by atoms with Gasteiger partial charge in [0.2, 0.25) is 0 Å². The van der Waals surface area contributed by atoms with Crippen LogP contribution in [0, 0.1) is 17.0 Å². The Morgan fingerprint density at radius 3 is 2.86 bits per heavy atom. The van der Waals surface area contributed by atoms with E-state index in [1.54, 1.807) is 19.4 Å². The van der Waals surface area contributed by atoms with Crippen LogP contribution in [0.25, 0.3) is 10.8 Å². The fourth-order valence-electron chi connectivity index (χ4n) is 2.25. The lowest BCUT2D eigenvalue weighted by Gasteiger charge is -2.16. The number of nitro groups is 1. The maximum atomic E-state index is 11.1. The molecule has 1 heterocycles. The first-order chi connectivity index (χ1) is 10.0. The zero-order valence-corrected chi connectivity index (χ0v) is 12.4. The van der Waals surface area contributed by atoms with Crippen LogP contribution in [0.15, 0.2) is 24.4 Å². The van der Waals surface area contributed by atoms with Crippen molar-refractivity contribution in [2.24, 2.45) is 0 Å². The number of nitrogens with one attached hydrogen (secondary N) is 1. The number of rotatable bonds is 6. The summed E-state index contributed by atoms with van der Waals surface area (Å²) in [7, 11) is 1.67. The summed E-state index contributed by atoms with van der Waals surface area (Å²) in [6, 6.07) is 5.35. The van der Waals surface area contributed by atoms with Crippen molar-refractivity contribution in [1.29, 1.82) is 0 Å². The first kappa shape index (κ1) is 15.2. The zero-order valence-electron chi connectivity index (χ0n) is 12.4. The average Bonchev–Trinajstić information content (AvgIpc) is 2.45. The quantitative estimate of drug-likeness (QED) is 0.652. The number of methoxy groups -OCH3 is 1. The number of pyridine rings is 1. The van der Waals surface area contributed by atoms with Gasteiger partial charge in [0.1, 0.15) is 0 Å². The summed E-state index contributed by atoms with van der Waals surface area (Å²) in [6.07, 6.45) is 2.42. The predicted molar refractivity (Wildman–Crippen MR) is 82.7 cm³/mol. The van der Waals surface area contributed by atoms with Crippen LogP contribution in [0.5, 0.6) is 0 Å². The molecule has 0 fully saturated rings. The van der Waals surface area contributed by atoms with Crippen molar-refractivity contribution in [2.45, 2.75) is 26.3 Å². The number of nitrogens with zero attached hydrogens (tertiary/aromatic N) is 2. The Morgan fingerprint density at radius 1 is 1.43 bits per heavy atom. The van der Waals surface area contributed by atoms with E-state index in [0.717, 1.165) is 23.2 Å². The fourth-order valence-corrected chi connectivity index (χ4v) is 2.25. The molecule has 1 atom stereocenters. The number of hydrogen-bond acceptors (Lipinski definition) is 5. The normalized spacial score (nSPS) is 12.3. The summed E-state index contributed by atoms with van der Waals surface area (Å²) < 4.78 is 5.07. The van der Waals surface area contributed by atoms with Gasteiger partial charge in [0.25, 0.3) is 5.69 Å². The van der Waals surface area contributed by atoms with Crippen molar-refractivity contribution >= 4 is 22.1 Å². The Kier molecular flexibility index (Phi) is 4.70. The number of anilines is 1. The van der Waals surface area contributed by atoms with Gasteiger partial charge in [-0.1, -0.05) is 0 Å². The highest BCUT2D eigenvalue weighted by atomic mass is 16.6. The smallest absolute Gasteiger partial charge is 0.278 e. The van der Waals surface area contributed by atoms with Gasteiger partial charge < -0.3 is 10.1 Å². The predicted octanol–water partition coefficient (Wildman–Crippen LogP) is 3.29. The number of nitro benzene ring substituents is 1. The molecule has 0 spiro atoms. The highest BCUT2D eigenvalue weighted by Crippen LogP contribution is 2.31. The lowest BCUT2D eigenvalue weighted by molar-refractivity contribution is -0.383. The average molecular weight is 289 g/mol. The first-order valence-electron chi connectivity index (χ1n) is 6.82. The Bertz CT molecular complexity index is 658. The topological polar surface area (TPSA) is 77.3 Å². The fraction of sp³-hybridized carbons (Fsp3) is 0.400. The van der Waals surface area contributed by atoms with E-state index in [2.05, 4.69) is 17.2 Å². The number of benzene rings is 1. The van der Waals surface area contributed by atoms with E-state index < -0.39 is 0 Å². The van der Waals surface area contributed by atoms with Gasteiger partial charge in [-0.3, -0.25) is 15.1 Å². The molecule has 1 unspecified atom stereocenters. The van der Waals surface area contributed by atoms with Gasteiger partial charge in [-0.2, -0.15) is 0 Å². The summed E-state index contributed by atoms with van der Waals surface area (Å²) in [5, 5.41) is 15.9. The van der Waals surface area contributed by atoms with Crippen LogP contribution >= 0.6 is 0 Å². The lowest BCUT2D eigenvalue weighted by atomic mass is 10.1. The maximum absolute atomic E-state index is 11.1. The number of ether oxygens (including phenoxy) is 1. The number of fused-ring (bicyclic) bond motifs is 1. The highest BCUT2D eigenvalue weighted by Gasteiger charge is 2.15. The number of non-ortho nitro benzene ring substituents is 1. The Balaban J connectivity index is 2.42. The molecular weight excluding hydrogens is 270 g/mol. The molecule has 1 aromatic heterocycles. The molecule has 112 valence electrons. The minimum atomic E-state index is -0.378. The number of aromatic nitrogens is 1. The molecule has 0 saturated carbocycles. The minimum absolute atomic E-state index is 0.0765. The van der Waals surface area contributed by atoms with Gasteiger partial charge in [-0.15, -0.1) is 0 Å². The SMILES string of the molecule is COCCC(C)Nc1ccc([N+](=O)[O-])c2cnc(C)cc12. The van der Waals surface area contributed by atoms with Crippen LogP contribution in [-0.4, -0.2) is 29.7 Å². The Labute approximate surface area is 123 Å². The summed E-state index contributed by atoms with van der Waals surface area (Å²) in [6.45, 7) is 4.59. The van der Waals surface area contributed by atoms with E-state index in [4.69, 9.17) is 4.74 Å². The molecule has 1 N–H and O–H groups in total.